The monoisotopic (exact) mass is 277 g/mol. The molecule has 0 saturated carbocycles. The molecule has 0 amide bonds. The number of aromatic nitrogens is 1. The minimum atomic E-state index is -0.374. The number of hydrogen-bond donors (Lipinski definition) is 1. The summed E-state index contributed by atoms with van der Waals surface area (Å²) in [5.74, 6) is -0.554. The lowest BCUT2D eigenvalue weighted by molar-refractivity contribution is -0.141. The van der Waals surface area contributed by atoms with Gasteiger partial charge in [-0.2, -0.15) is 0 Å². The fourth-order valence-electron chi connectivity index (χ4n) is 1.84. The third-order valence-electron chi connectivity index (χ3n) is 2.71. The molecule has 0 atom stereocenters. The van der Waals surface area contributed by atoms with E-state index in [4.69, 9.17) is 4.74 Å². The summed E-state index contributed by atoms with van der Waals surface area (Å²) in [6.45, 7) is 3.50. The summed E-state index contributed by atoms with van der Waals surface area (Å²) in [5.41, 5.74) is 2.31. The van der Waals surface area contributed by atoms with Crippen molar-refractivity contribution in [3.63, 3.8) is 0 Å². The molecule has 0 spiro atoms. The zero-order valence-corrected chi connectivity index (χ0v) is 11.7. The Bertz CT molecular complexity index is 584. The van der Waals surface area contributed by atoms with E-state index in [1.54, 1.807) is 6.07 Å². The summed E-state index contributed by atoms with van der Waals surface area (Å²) in [6.07, 6.45) is 0.218. The van der Waals surface area contributed by atoms with E-state index in [0.29, 0.717) is 5.56 Å². The molecule has 2 aromatic rings. The normalized spacial score (nSPS) is 10.4. The van der Waals surface area contributed by atoms with Gasteiger partial charge in [-0.1, -0.05) is 6.07 Å². The molecule has 4 nitrogen and oxygen atoms in total. The van der Waals surface area contributed by atoms with Crippen molar-refractivity contribution >= 4 is 23.1 Å². The number of ketones is 1. The van der Waals surface area contributed by atoms with E-state index < -0.39 is 0 Å². The second-order valence-electron chi connectivity index (χ2n) is 4.33. The Balaban J connectivity index is 1.87. The number of rotatable bonds is 5. The highest BCUT2D eigenvalue weighted by Gasteiger charge is 2.14. The average molecular weight is 277 g/mol. The molecule has 2 heterocycles. The highest BCUT2D eigenvalue weighted by Crippen LogP contribution is 2.12. The Hall–Kier alpha value is -1.88. The van der Waals surface area contributed by atoms with Crippen molar-refractivity contribution in [2.24, 2.45) is 0 Å². The minimum Gasteiger partial charge on any atom is -0.457 e. The first-order chi connectivity index (χ1) is 9.06. The largest absolute Gasteiger partial charge is 0.457 e. The van der Waals surface area contributed by atoms with Crippen molar-refractivity contribution < 1.29 is 14.3 Å². The summed E-state index contributed by atoms with van der Waals surface area (Å²) >= 11 is 1.50. The van der Waals surface area contributed by atoms with Crippen LogP contribution in [0.1, 0.15) is 26.6 Å². The highest BCUT2D eigenvalue weighted by atomic mass is 32.1. The quantitative estimate of drug-likeness (QED) is 0.675. The number of aryl methyl sites for hydroxylation is 2. The molecule has 1 N–H and O–H groups in total. The number of carbonyl (C=O) groups excluding carboxylic acids is 2. The van der Waals surface area contributed by atoms with Crippen LogP contribution in [0.5, 0.6) is 0 Å². The van der Waals surface area contributed by atoms with E-state index in [0.717, 1.165) is 16.3 Å². The lowest BCUT2D eigenvalue weighted by Gasteiger charge is -2.03. The lowest BCUT2D eigenvalue weighted by Crippen LogP contribution is -2.15. The van der Waals surface area contributed by atoms with Crippen LogP contribution in [0.25, 0.3) is 0 Å². The predicted octanol–water partition coefficient (Wildman–Crippen LogP) is 2.66. The molecule has 2 aromatic heterocycles. The SMILES string of the molecule is Cc1cc(C(=O)COC(=O)Cc2cccs2)c(C)[nH]1. The zero-order chi connectivity index (χ0) is 13.8. The minimum absolute atomic E-state index is 0.179. The number of thiophene rings is 1. The Labute approximate surface area is 115 Å². The number of aromatic amines is 1. The summed E-state index contributed by atoms with van der Waals surface area (Å²) in [7, 11) is 0. The van der Waals surface area contributed by atoms with Gasteiger partial charge in [-0.3, -0.25) is 9.59 Å². The molecule has 5 heteroatoms. The van der Waals surface area contributed by atoms with Crippen LogP contribution in [-0.2, 0) is 16.0 Å². The molecule has 19 heavy (non-hydrogen) atoms. The maximum atomic E-state index is 11.9. The van der Waals surface area contributed by atoms with E-state index in [1.165, 1.54) is 11.3 Å². The van der Waals surface area contributed by atoms with Crippen LogP contribution in [-0.4, -0.2) is 23.3 Å². The predicted molar refractivity (Wildman–Crippen MR) is 73.6 cm³/mol. The average Bonchev–Trinajstić information content (AvgIpc) is 2.96. The van der Waals surface area contributed by atoms with Crippen molar-refractivity contribution in [3.05, 3.63) is 45.4 Å². The maximum absolute atomic E-state index is 11.9. The van der Waals surface area contributed by atoms with Crippen molar-refractivity contribution in [1.29, 1.82) is 0 Å². The van der Waals surface area contributed by atoms with E-state index >= 15 is 0 Å². The van der Waals surface area contributed by atoms with Crippen LogP contribution in [0.4, 0.5) is 0 Å². The van der Waals surface area contributed by atoms with Gasteiger partial charge in [0, 0.05) is 21.8 Å². The first-order valence-corrected chi connectivity index (χ1v) is 6.81. The molecule has 0 aliphatic rings. The second-order valence-corrected chi connectivity index (χ2v) is 5.36. The van der Waals surface area contributed by atoms with E-state index in [2.05, 4.69) is 4.98 Å². The van der Waals surface area contributed by atoms with E-state index in [9.17, 15) is 9.59 Å². The Kier molecular flexibility index (Phi) is 4.16. The molecular formula is C14H15NO3S. The molecule has 100 valence electrons. The van der Waals surface area contributed by atoms with Gasteiger partial charge in [0.05, 0.1) is 6.42 Å². The first-order valence-electron chi connectivity index (χ1n) is 5.93. The summed E-state index contributed by atoms with van der Waals surface area (Å²) in [5, 5.41) is 1.90. The van der Waals surface area contributed by atoms with Crippen LogP contribution >= 0.6 is 11.3 Å². The van der Waals surface area contributed by atoms with Crippen molar-refractivity contribution in [3.8, 4) is 0 Å². The molecule has 0 aliphatic heterocycles. The van der Waals surface area contributed by atoms with Crippen LogP contribution in [0.15, 0.2) is 23.6 Å². The van der Waals surface area contributed by atoms with Gasteiger partial charge in [-0.15, -0.1) is 11.3 Å². The third kappa shape index (κ3) is 3.54. The number of Topliss-reactive ketones (excluding diaryl/α,β-unsaturated/α-hetero) is 1. The maximum Gasteiger partial charge on any atom is 0.311 e. The standard InChI is InChI=1S/C14H15NO3S/c1-9-6-12(10(2)15-9)13(16)8-18-14(17)7-11-4-3-5-19-11/h3-6,15H,7-8H2,1-2H3. The molecule has 0 radical (unpaired) electrons. The number of esters is 1. The number of ether oxygens (including phenoxy) is 1. The number of carbonyl (C=O) groups is 2. The first kappa shape index (κ1) is 13.5. The Morgan fingerprint density at radius 1 is 1.37 bits per heavy atom. The molecule has 0 aliphatic carbocycles. The van der Waals surface area contributed by atoms with Gasteiger partial charge in [-0.05, 0) is 31.4 Å². The van der Waals surface area contributed by atoms with Gasteiger partial charge < -0.3 is 9.72 Å². The smallest absolute Gasteiger partial charge is 0.311 e. The second kappa shape index (κ2) is 5.84. The van der Waals surface area contributed by atoms with Crippen molar-refractivity contribution in [2.45, 2.75) is 20.3 Å². The summed E-state index contributed by atoms with van der Waals surface area (Å²) in [4.78, 5) is 27.4. The molecular weight excluding hydrogens is 262 g/mol. The number of hydrogen-bond acceptors (Lipinski definition) is 4. The van der Waals surface area contributed by atoms with Gasteiger partial charge in [-0.25, -0.2) is 0 Å². The molecule has 0 aromatic carbocycles. The summed E-state index contributed by atoms with van der Waals surface area (Å²) in [6, 6.07) is 5.52. The van der Waals surface area contributed by atoms with Gasteiger partial charge in [0.25, 0.3) is 0 Å². The fourth-order valence-corrected chi connectivity index (χ4v) is 2.53. The number of H-pyrrole nitrogens is 1. The topological polar surface area (TPSA) is 59.2 Å². The van der Waals surface area contributed by atoms with Gasteiger partial charge in [0.15, 0.2) is 6.61 Å². The lowest BCUT2D eigenvalue weighted by atomic mass is 10.1. The van der Waals surface area contributed by atoms with E-state index in [1.807, 2.05) is 31.4 Å². The van der Waals surface area contributed by atoms with E-state index in [-0.39, 0.29) is 24.8 Å². The Morgan fingerprint density at radius 3 is 2.74 bits per heavy atom. The fraction of sp³-hybridized carbons (Fsp3) is 0.286. The summed E-state index contributed by atoms with van der Waals surface area (Å²) < 4.78 is 5.00. The van der Waals surface area contributed by atoms with Gasteiger partial charge in [0.2, 0.25) is 5.78 Å². The molecule has 0 fully saturated rings. The van der Waals surface area contributed by atoms with Crippen molar-refractivity contribution in [2.75, 3.05) is 6.61 Å². The van der Waals surface area contributed by atoms with Gasteiger partial charge >= 0.3 is 5.97 Å². The zero-order valence-electron chi connectivity index (χ0n) is 10.9. The third-order valence-corrected chi connectivity index (χ3v) is 3.59. The van der Waals surface area contributed by atoms with Crippen LogP contribution < -0.4 is 0 Å². The van der Waals surface area contributed by atoms with Crippen LogP contribution in [0.2, 0.25) is 0 Å². The van der Waals surface area contributed by atoms with Crippen LogP contribution in [0, 0.1) is 13.8 Å². The highest BCUT2D eigenvalue weighted by molar-refractivity contribution is 7.10. The van der Waals surface area contributed by atoms with Crippen molar-refractivity contribution in [1.82, 2.24) is 4.98 Å². The molecule has 2 rings (SSSR count). The molecule has 0 saturated heterocycles. The molecule has 0 unspecified atom stereocenters. The van der Waals surface area contributed by atoms with Gasteiger partial charge in [0.1, 0.15) is 0 Å². The number of nitrogens with one attached hydrogen (secondary N) is 1. The Morgan fingerprint density at radius 2 is 2.16 bits per heavy atom. The molecule has 0 bridgehead atoms. The van der Waals surface area contributed by atoms with Crippen LogP contribution in [0.3, 0.4) is 0 Å².